The maximum absolute atomic E-state index is 7.16. The second-order valence-electron chi connectivity index (χ2n) is 5.23. The van der Waals surface area contributed by atoms with Gasteiger partial charge in [-0.1, -0.05) is 31.9 Å². The van der Waals surface area contributed by atoms with Crippen LogP contribution in [0.1, 0.15) is 47.3 Å². The predicted octanol–water partition coefficient (Wildman–Crippen LogP) is 4.35. The van der Waals surface area contributed by atoms with Crippen molar-refractivity contribution in [3.05, 3.63) is 25.3 Å². The number of ether oxygens (including phenoxy) is 1. The average molecular weight is 235 g/mol. The zero-order chi connectivity index (χ0) is 14.1. The van der Waals surface area contributed by atoms with Crippen molar-refractivity contribution in [1.82, 2.24) is 0 Å². The van der Waals surface area contributed by atoms with Crippen LogP contribution in [0.2, 0.25) is 0 Å². The Kier molecular flexibility index (Phi) is 6.08. The SMILES string of the molecule is [2H]C#CC(CCCCC=C)(CC(C)(C)C=C)OC. The van der Waals surface area contributed by atoms with Crippen LogP contribution in [0.3, 0.4) is 0 Å². The molecule has 17 heavy (non-hydrogen) atoms. The van der Waals surface area contributed by atoms with Gasteiger partial charge in [0, 0.05) is 7.11 Å². The highest BCUT2D eigenvalue weighted by Crippen LogP contribution is 2.34. The van der Waals surface area contributed by atoms with Crippen LogP contribution in [-0.2, 0) is 4.74 Å². The van der Waals surface area contributed by atoms with E-state index < -0.39 is 5.60 Å². The number of hydrogen-bond acceptors (Lipinski definition) is 1. The van der Waals surface area contributed by atoms with Gasteiger partial charge in [-0.05, 0) is 37.5 Å². The van der Waals surface area contributed by atoms with Crippen molar-refractivity contribution in [3.8, 4) is 12.3 Å². The summed E-state index contributed by atoms with van der Waals surface area (Å²) in [6.07, 6.45) is 10.9. The van der Waals surface area contributed by atoms with Gasteiger partial charge in [0.05, 0.1) is 0 Å². The third-order valence-electron chi connectivity index (χ3n) is 3.15. The Morgan fingerprint density at radius 2 is 2.12 bits per heavy atom. The Balaban J connectivity index is 4.74. The van der Waals surface area contributed by atoms with Crippen molar-refractivity contribution in [2.45, 2.75) is 51.6 Å². The van der Waals surface area contributed by atoms with Crippen LogP contribution in [0.5, 0.6) is 0 Å². The fourth-order valence-corrected chi connectivity index (χ4v) is 1.93. The number of allylic oxidation sites excluding steroid dienone is 2. The number of terminal acetylenes is 1. The third-order valence-corrected chi connectivity index (χ3v) is 3.15. The summed E-state index contributed by atoms with van der Waals surface area (Å²) in [6, 6.07) is 0. The maximum atomic E-state index is 7.16. The van der Waals surface area contributed by atoms with E-state index in [4.69, 9.17) is 6.11 Å². The van der Waals surface area contributed by atoms with Gasteiger partial charge in [0.15, 0.2) is 0 Å². The molecule has 0 aromatic rings. The summed E-state index contributed by atoms with van der Waals surface area (Å²) in [6.45, 7) is 11.8. The highest BCUT2D eigenvalue weighted by atomic mass is 16.5. The first-order valence-corrected chi connectivity index (χ1v) is 6.19. The van der Waals surface area contributed by atoms with Gasteiger partial charge in [-0.2, -0.15) is 0 Å². The molecule has 0 aliphatic rings. The minimum absolute atomic E-state index is 0.0434. The largest absolute Gasteiger partial charge is 0.366 e. The monoisotopic (exact) mass is 235 g/mol. The summed E-state index contributed by atoms with van der Waals surface area (Å²) in [7, 11) is 1.68. The summed E-state index contributed by atoms with van der Waals surface area (Å²) in [5, 5.41) is 0. The molecule has 1 atom stereocenters. The van der Waals surface area contributed by atoms with Gasteiger partial charge in [0.25, 0.3) is 0 Å². The van der Waals surface area contributed by atoms with Crippen molar-refractivity contribution in [2.75, 3.05) is 7.11 Å². The fourth-order valence-electron chi connectivity index (χ4n) is 1.93. The molecule has 1 unspecified atom stereocenters. The summed E-state index contributed by atoms with van der Waals surface area (Å²) < 4.78 is 12.8. The summed E-state index contributed by atoms with van der Waals surface area (Å²) in [5.74, 6) is 2.93. The van der Waals surface area contributed by atoms with E-state index in [0.29, 0.717) is 0 Å². The molecule has 0 saturated heterocycles. The van der Waals surface area contributed by atoms with E-state index in [0.717, 1.165) is 32.1 Å². The van der Waals surface area contributed by atoms with Crippen molar-refractivity contribution in [2.24, 2.45) is 5.41 Å². The maximum Gasteiger partial charge on any atom is 0.128 e. The van der Waals surface area contributed by atoms with Gasteiger partial charge < -0.3 is 4.74 Å². The van der Waals surface area contributed by atoms with Crippen LogP contribution in [0, 0.1) is 17.7 Å². The Morgan fingerprint density at radius 1 is 1.41 bits per heavy atom. The molecule has 0 saturated carbocycles. The van der Waals surface area contributed by atoms with Crippen LogP contribution in [0.15, 0.2) is 25.3 Å². The van der Waals surface area contributed by atoms with Crippen LogP contribution in [-0.4, -0.2) is 12.7 Å². The van der Waals surface area contributed by atoms with E-state index in [9.17, 15) is 0 Å². The molecule has 0 heterocycles. The number of unbranched alkanes of at least 4 members (excludes halogenated alkanes) is 2. The van der Waals surface area contributed by atoms with Gasteiger partial charge in [0.1, 0.15) is 6.97 Å². The van der Waals surface area contributed by atoms with Crippen molar-refractivity contribution < 1.29 is 6.11 Å². The first-order valence-electron chi connectivity index (χ1n) is 6.69. The predicted molar refractivity (Wildman–Crippen MR) is 75.8 cm³/mol. The highest BCUT2D eigenvalue weighted by Gasteiger charge is 2.32. The molecule has 1 heteroatoms. The lowest BCUT2D eigenvalue weighted by Crippen LogP contribution is -2.34. The summed E-state index contributed by atoms with van der Waals surface area (Å²) >= 11 is 0. The Hall–Kier alpha value is -1.00. The molecule has 0 amide bonds. The standard InChI is InChI=1S/C16H26O/c1-7-10-11-12-13-16(9-3,17-6)14-15(4,5)8-2/h3,7-8H,1-2,10-14H2,4-6H3/i3D. The third kappa shape index (κ3) is 5.75. The number of hydrogen-bond donors (Lipinski definition) is 0. The number of rotatable bonds is 9. The van der Waals surface area contributed by atoms with E-state index in [2.05, 4.69) is 39.3 Å². The Bertz CT molecular complexity index is 322. The molecular weight excluding hydrogens is 208 g/mol. The quantitative estimate of drug-likeness (QED) is 0.328. The normalized spacial score (nSPS) is 15.1. The number of methoxy groups -OCH3 is 1. The topological polar surface area (TPSA) is 9.23 Å². The first kappa shape index (κ1) is 14.1. The molecule has 0 aromatic carbocycles. The molecule has 0 N–H and O–H groups in total. The molecule has 0 fully saturated rings. The lowest BCUT2D eigenvalue weighted by Gasteiger charge is -2.34. The zero-order valence-electron chi connectivity index (χ0n) is 12.5. The van der Waals surface area contributed by atoms with Gasteiger partial charge in [-0.15, -0.1) is 19.6 Å². The second-order valence-corrected chi connectivity index (χ2v) is 5.23. The molecule has 96 valence electrons. The molecule has 0 rings (SSSR count). The van der Waals surface area contributed by atoms with Crippen molar-refractivity contribution in [3.63, 3.8) is 0 Å². The molecule has 1 nitrogen and oxygen atoms in total. The lowest BCUT2D eigenvalue weighted by atomic mass is 9.78. The average Bonchev–Trinajstić information content (AvgIpc) is 2.34. The molecule has 0 spiro atoms. The van der Waals surface area contributed by atoms with Crippen molar-refractivity contribution >= 4 is 0 Å². The minimum Gasteiger partial charge on any atom is -0.366 e. The van der Waals surface area contributed by atoms with Gasteiger partial charge in [-0.3, -0.25) is 0 Å². The zero-order valence-corrected chi connectivity index (χ0v) is 11.5. The second kappa shape index (κ2) is 7.35. The van der Waals surface area contributed by atoms with Gasteiger partial charge in [0.2, 0.25) is 0 Å². The molecule has 0 aromatic heterocycles. The van der Waals surface area contributed by atoms with Crippen LogP contribution < -0.4 is 0 Å². The first-order chi connectivity index (χ1) is 8.45. The van der Waals surface area contributed by atoms with Crippen molar-refractivity contribution in [1.29, 1.82) is 0 Å². The van der Waals surface area contributed by atoms with E-state index in [1.807, 2.05) is 12.2 Å². The lowest BCUT2D eigenvalue weighted by molar-refractivity contribution is 0.00466. The van der Waals surface area contributed by atoms with E-state index in [1.54, 1.807) is 7.11 Å². The Labute approximate surface area is 108 Å². The molecular formula is C16H26O. The summed E-state index contributed by atoms with van der Waals surface area (Å²) in [5.41, 5.74) is -0.571. The van der Waals surface area contributed by atoms with E-state index in [1.165, 1.54) is 0 Å². The minimum atomic E-state index is -0.527. The smallest absolute Gasteiger partial charge is 0.128 e. The fraction of sp³-hybridized carbons (Fsp3) is 0.625. The molecule has 0 bridgehead atoms. The van der Waals surface area contributed by atoms with Crippen LogP contribution >= 0.6 is 0 Å². The van der Waals surface area contributed by atoms with Gasteiger partial charge >= 0.3 is 0 Å². The summed E-state index contributed by atoms with van der Waals surface area (Å²) in [4.78, 5) is 0. The highest BCUT2D eigenvalue weighted by molar-refractivity contribution is 5.12. The molecule has 0 radical (unpaired) electrons. The van der Waals surface area contributed by atoms with E-state index in [-0.39, 0.29) is 5.41 Å². The van der Waals surface area contributed by atoms with Crippen LogP contribution in [0.25, 0.3) is 0 Å². The van der Waals surface area contributed by atoms with Crippen LogP contribution in [0.4, 0.5) is 0 Å². The van der Waals surface area contributed by atoms with Gasteiger partial charge in [-0.25, -0.2) is 0 Å². The Morgan fingerprint density at radius 3 is 2.59 bits per heavy atom. The van der Waals surface area contributed by atoms with E-state index >= 15 is 0 Å². The molecule has 0 aliphatic carbocycles. The molecule has 0 aliphatic heterocycles.